The SMILES string of the molecule is CCCCC/C=C/CC/C=C/CC/C=C/C(O)C(COP(=O)([O-])OCC[N+](C)(C)C)NC(=O)CCCCCCCCCCCCCCCCCCCCCCCCCCCCCC. The van der Waals surface area contributed by atoms with Crippen LogP contribution in [0.25, 0.3) is 0 Å². The minimum Gasteiger partial charge on any atom is -0.756 e. The predicted molar refractivity (Wildman–Crippen MR) is 270 cm³/mol. The predicted octanol–water partition coefficient (Wildman–Crippen LogP) is 15.2. The molecule has 1 amide bonds. The third-order valence-electron chi connectivity index (χ3n) is 12.1. The van der Waals surface area contributed by atoms with Crippen molar-refractivity contribution in [3.8, 4) is 0 Å². The minimum absolute atomic E-state index is 0.00776. The topological polar surface area (TPSA) is 108 Å². The van der Waals surface area contributed by atoms with E-state index in [0.717, 1.165) is 51.4 Å². The number of rotatable bonds is 49. The molecule has 0 aliphatic carbocycles. The summed E-state index contributed by atoms with van der Waals surface area (Å²) in [5, 5.41) is 13.8. The number of likely N-dealkylation sites (N-methyl/N-ethyl adjacent to an activating group) is 1. The molecule has 0 aliphatic rings. The quantitative estimate of drug-likeness (QED) is 0.0272. The second kappa shape index (κ2) is 45.9. The van der Waals surface area contributed by atoms with Crippen LogP contribution in [-0.4, -0.2) is 68.5 Å². The maximum absolute atomic E-state index is 12.9. The number of nitrogens with one attached hydrogen (secondary N) is 1. The lowest BCUT2D eigenvalue weighted by atomic mass is 10.0. The van der Waals surface area contributed by atoms with E-state index in [9.17, 15) is 19.4 Å². The number of allylic oxidation sites excluding steroid dienone is 5. The maximum atomic E-state index is 12.9. The molecule has 63 heavy (non-hydrogen) atoms. The molecule has 3 unspecified atom stereocenters. The fraction of sp³-hybridized carbons (Fsp3) is 0.870. The van der Waals surface area contributed by atoms with Crippen LogP contribution in [0, 0.1) is 0 Å². The van der Waals surface area contributed by atoms with Gasteiger partial charge < -0.3 is 28.8 Å². The number of aliphatic hydroxyl groups is 1. The Morgan fingerprint density at radius 3 is 1.29 bits per heavy atom. The first kappa shape index (κ1) is 61.7. The van der Waals surface area contributed by atoms with Gasteiger partial charge in [0.1, 0.15) is 13.2 Å². The van der Waals surface area contributed by atoms with Gasteiger partial charge in [-0.2, -0.15) is 0 Å². The van der Waals surface area contributed by atoms with Gasteiger partial charge in [0, 0.05) is 6.42 Å². The lowest BCUT2D eigenvalue weighted by Gasteiger charge is -2.29. The minimum atomic E-state index is -4.60. The molecule has 0 saturated carbocycles. The number of unbranched alkanes of at least 4 members (excludes halogenated alkanes) is 32. The lowest BCUT2D eigenvalue weighted by Crippen LogP contribution is -2.45. The van der Waals surface area contributed by atoms with Crippen molar-refractivity contribution in [1.82, 2.24) is 5.32 Å². The second-order valence-electron chi connectivity index (χ2n) is 19.6. The van der Waals surface area contributed by atoms with Crippen molar-refractivity contribution in [2.75, 3.05) is 40.9 Å². The van der Waals surface area contributed by atoms with Crippen LogP contribution < -0.4 is 10.2 Å². The zero-order valence-electron chi connectivity index (χ0n) is 42.3. The van der Waals surface area contributed by atoms with Crippen molar-refractivity contribution in [2.24, 2.45) is 0 Å². The van der Waals surface area contributed by atoms with Crippen LogP contribution >= 0.6 is 7.82 Å². The van der Waals surface area contributed by atoms with E-state index in [1.165, 1.54) is 180 Å². The van der Waals surface area contributed by atoms with E-state index < -0.39 is 26.6 Å². The standard InChI is InChI=1S/C54H105N2O6P/c1-6-8-10-12-14-16-18-20-21-22-23-24-25-26-27-28-29-30-31-32-33-34-36-38-40-42-44-46-48-54(58)55-52(51-62-63(59,60)61-50-49-56(3,4)5)53(57)47-45-43-41-39-37-35-19-17-15-13-11-9-7-2/h15,17,37,39,45,47,52-53,57H,6-14,16,18-36,38,40-44,46,48-51H2,1-5H3,(H-,55,58,59,60)/b17-15+,39-37+,47-45+. The van der Waals surface area contributed by atoms with E-state index in [-0.39, 0.29) is 12.5 Å². The van der Waals surface area contributed by atoms with Gasteiger partial charge in [-0.05, 0) is 44.9 Å². The van der Waals surface area contributed by atoms with Crippen molar-refractivity contribution in [1.29, 1.82) is 0 Å². The molecule has 0 fully saturated rings. The van der Waals surface area contributed by atoms with Crippen molar-refractivity contribution >= 4 is 13.7 Å². The van der Waals surface area contributed by atoms with Crippen LogP contribution in [0.1, 0.15) is 251 Å². The summed E-state index contributed by atoms with van der Waals surface area (Å²) in [5.41, 5.74) is 0. The van der Waals surface area contributed by atoms with Crippen LogP contribution in [-0.2, 0) is 18.4 Å². The normalized spacial score (nSPS) is 14.3. The van der Waals surface area contributed by atoms with Crippen LogP contribution in [0.4, 0.5) is 0 Å². The van der Waals surface area contributed by atoms with Crippen molar-refractivity contribution in [3.05, 3.63) is 36.5 Å². The van der Waals surface area contributed by atoms with Gasteiger partial charge in [-0.15, -0.1) is 0 Å². The monoisotopic (exact) mass is 909 g/mol. The summed E-state index contributed by atoms with van der Waals surface area (Å²) < 4.78 is 23.2. The number of aliphatic hydroxyl groups excluding tert-OH is 1. The van der Waals surface area contributed by atoms with Crippen LogP contribution in [0.5, 0.6) is 0 Å². The number of hydrogen-bond acceptors (Lipinski definition) is 6. The Morgan fingerprint density at radius 1 is 0.540 bits per heavy atom. The summed E-state index contributed by atoms with van der Waals surface area (Å²) in [4.78, 5) is 25.4. The van der Waals surface area contributed by atoms with Gasteiger partial charge in [-0.3, -0.25) is 9.36 Å². The molecule has 2 N–H and O–H groups in total. The molecule has 0 spiro atoms. The Balaban J connectivity index is 4.11. The fourth-order valence-electron chi connectivity index (χ4n) is 7.83. The highest BCUT2D eigenvalue weighted by Gasteiger charge is 2.23. The summed E-state index contributed by atoms with van der Waals surface area (Å²) in [6.45, 7) is 4.60. The molecule has 372 valence electrons. The van der Waals surface area contributed by atoms with E-state index in [1.54, 1.807) is 6.08 Å². The molecule has 0 aromatic rings. The average Bonchev–Trinajstić information content (AvgIpc) is 3.24. The lowest BCUT2D eigenvalue weighted by molar-refractivity contribution is -0.870. The smallest absolute Gasteiger partial charge is 0.268 e. The van der Waals surface area contributed by atoms with Crippen molar-refractivity contribution in [3.63, 3.8) is 0 Å². The molecule has 0 radical (unpaired) electrons. The maximum Gasteiger partial charge on any atom is 0.268 e. The van der Waals surface area contributed by atoms with Crippen molar-refractivity contribution < 1.29 is 32.9 Å². The third kappa shape index (κ3) is 48.5. The van der Waals surface area contributed by atoms with Gasteiger partial charge in [0.15, 0.2) is 0 Å². The molecule has 0 bridgehead atoms. The first-order valence-corrected chi connectivity index (χ1v) is 28.3. The largest absolute Gasteiger partial charge is 0.756 e. The number of carbonyl (C=O) groups is 1. The van der Waals surface area contributed by atoms with Gasteiger partial charge in [0.2, 0.25) is 5.91 Å². The summed E-state index contributed by atoms with van der Waals surface area (Å²) in [5.74, 6) is -0.208. The summed E-state index contributed by atoms with van der Waals surface area (Å²) in [7, 11) is 1.24. The highest BCUT2D eigenvalue weighted by molar-refractivity contribution is 7.45. The van der Waals surface area contributed by atoms with Crippen LogP contribution in [0.3, 0.4) is 0 Å². The highest BCUT2D eigenvalue weighted by atomic mass is 31.2. The Labute approximate surface area is 391 Å². The number of nitrogens with zero attached hydrogens (tertiary/aromatic N) is 1. The third-order valence-corrected chi connectivity index (χ3v) is 13.0. The number of carbonyl (C=O) groups excluding carboxylic acids is 1. The van der Waals surface area contributed by atoms with E-state index in [1.807, 2.05) is 27.2 Å². The van der Waals surface area contributed by atoms with Gasteiger partial charge in [0.05, 0.1) is 39.9 Å². The van der Waals surface area contributed by atoms with Crippen molar-refractivity contribution in [2.45, 2.75) is 264 Å². The molecule has 0 aromatic carbocycles. The highest BCUT2D eigenvalue weighted by Crippen LogP contribution is 2.38. The average molecular weight is 909 g/mol. The summed E-state index contributed by atoms with van der Waals surface area (Å²) >= 11 is 0. The van der Waals surface area contributed by atoms with Gasteiger partial charge in [-0.25, -0.2) is 0 Å². The number of phosphoric acid groups is 1. The molecular weight excluding hydrogens is 804 g/mol. The molecule has 8 nitrogen and oxygen atoms in total. The van der Waals surface area contributed by atoms with Crippen LogP contribution in [0.15, 0.2) is 36.5 Å². The number of quaternary nitrogens is 1. The van der Waals surface area contributed by atoms with E-state index >= 15 is 0 Å². The Bertz CT molecular complexity index is 1120. The molecule has 9 heteroatoms. The second-order valence-corrected chi connectivity index (χ2v) is 21.0. The van der Waals surface area contributed by atoms with Crippen LogP contribution in [0.2, 0.25) is 0 Å². The van der Waals surface area contributed by atoms with E-state index in [2.05, 4.69) is 43.5 Å². The first-order chi connectivity index (χ1) is 30.5. The fourth-order valence-corrected chi connectivity index (χ4v) is 8.56. The van der Waals surface area contributed by atoms with E-state index in [0.29, 0.717) is 17.4 Å². The zero-order valence-corrected chi connectivity index (χ0v) is 43.2. The Hall–Kier alpha value is -1.28. The molecule has 0 aliphatic heterocycles. The number of hydrogen-bond donors (Lipinski definition) is 2. The van der Waals surface area contributed by atoms with Gasteiger partial charge in [0.25, 0.3) is 7.82 Å². The van der Waals surface area contributed by atoms with Gasteiger partial charge >= 0.3 is 0 Å². The molecular formula is C54H105N2O6P. The molecule has 0 aromatic heterocycles. The Morgan fingerprint density at radius 2 is 0.889 bits per heavy atom. The van der Waals surface area contributed by atoms with Gasteiger partial charge in [-0.1, -0.05) is 237 Å². The summed E-state index contributed by atoms with van der Waals surface area (Å²) in [6, 6.07) is -0.906. The molecule has 0 rings (SSSR count). The molecule has 0 saturated heterocycles. The zero-order chi connectivity index (χ0) is 46.4. The number of amides is 1. The summed E-state index contributed by atoms with van der Waals surface area (Å²) in [6.07, 6.45) is 58.0. The Kier molecular flexibility index (Phi) is 44.9. The molecule has 3 atom stereocenters. The molecule has 0 heterocycles. The first-order valence-electron chi connectivity index (χ1n) is 26.9. The van der Waals surface area contributed by atoms with E-state index in [4.69, 9.17) is 9.05 Å². The number of phosphoric ester groups is 1.